The molecule has 0 atom stereocenters. The minimum Gasteiger partial charge on any atom is -0.383 e. The van der Waals surface area contributed by atoms with Gasteiger partial charge >= 0.3 is 0 Å². The molecular weight excluding hydrogens is 597 g/mol. The van der Waals surface area contributed by atoms with Crippen molar-refractivity contribution in [2.75, 3.05) is 43.4 Å². The number of anilines is 2. The van der Waals surface area contributed by atoms with E-state index in [0.29, 0.717) is 10.0 Å². The van der Waals surface area contributed by atoms with E-state index < -0.39 is 0 Å². The molecule has 2 aromatic carbocycles. The lowest BCUT2D eigenvalue weighted by Gasteiger charge is -2.23. The van der Waals surface area contributed by atoms with Gasteiger partial charge in [0.05, 0.1) is 11.0 Å². The molecule has 0 aliphatic rings. The van der Waals surface area contributed by atoms with Crippen molar-refractivity contribution in [3.8, 4) is 0 Å². The number of rotatable bonds is 23. The fraction of sp³-hybridized carbons (Fsp3) is 0.526. The Morgan fingerprint density at radius 2 is 0.956 bits per heavy atom. The minimum absolute atomic E-state index is 0.712. The Labute approximate surface area is 281 Å². The van der Waals surface area contributed by atoms with Gasteiger partial charge in [0.1, 0.15) is 0 Å². The van der Waals surface area contributed by atoms with Crippen molar-refractivity contribution in [1.29, 1.82) is 0 Å². The number of fused-ring (bicyclic) bond motifs is 2. The average Bonchev–Trinajstić information content (AvgIpc) is 3.04. The molecule has 0 fully saturated rings. The molecule has 5 nitrogen and oxygen atoms in total. The van der Waals surface area contributed by atoms with E-state index >= 15 is 0 Å². The second-order valence-corrected chi connectivity index (χ2v) is 13.2. The highest BCUT2D eigenvalue weighted by Crippen LogP contribution is 2.25. The first-order chi connectivity index (χ1) is 22.1. The van der Waals surface area contributed by atoms with Crippen LogP contribution in [0.25, 0.3) is 21.8 Å². The topological polar surface area (TPSA) is 53.1 Å². The van der Waals surface area contributed by atoms with Crippen molar-refractivity contribution in [2.45, 2.75) is 96.8 Å². The fourth-order valence-corrected chi connectivity index (χ4v) is 6.45. The summed E-state index contributed by atoms with van der Waals surface area (Å²) in [6.45, 7) is 7.10. The number of halogens is 2. The van der Waals surface area contributed by atoms with Gasteiger partial charge in [0.15, 0.2) is 0 Å². The lowest BCUT2D eigenvalue weighted by molar-refractivity contribution is 0.286. The molecule has 244 valence electrons. The van der Waals surface area contributed by atoms with Gasteiger partial charge in [-0.25, -0.2) is 0 Å². The summed E-state index contributed by atoms with van der Waals surface area (Å²) < 4.78 is 0. The van der Waals surface area contributed by atoms with Gasteiger partial charge in [-0.15, -0.1) is 0 Å². The molecule has 4 aromatic rings. The quantitative estimate of drug-likeness (QED) is 0.0783. The highest BCUT2D eigenvalue weighted by Gasteiger charge is 2.08. The average molecular weight is 651 g/mol. The van der Waals surface area contributed by atoms with Gasteiger partial charge in [-0.3, -0.25) is 14.9 Å². The molecular formula is C38H53Cl2N5. The van der Waals surface area contributed by atoms with E-state index in [1.807, 2.05) is 36.7 Å². The number of nitrogens with one attached hydrogen (secondary N) is 2. The number of benzene rings is 2. The van der Waals surface area contributed by atoms with E-state index in [4.69, 9.17) is 23.2 Å². The second kappa shape index (κ2) is 20.5. The molecule has 0 spiro atoms. The first kappa shape index (κ1) is 35.3. The Balaban J connectivity index is 1.19. The first-order valence-electron chi connectivity index (χ1n) is 17.4. The molecule has 2 N–H and O–H groups in total. The zero-order valence-corrected chi connectivity index (χ0v) is 28.8. The minimum atomic E-state index is 0.712. The molecule has 0 saturated carbocycles. The summed E-state index contributed by atoms with van der Waals surface area (Å²) in [5.74, 6) is 0. The van der Waals surface area contributed by atoms with Crippen LogP contribution in [0.2, 0.25) is 10.0 Å². The molecule has 0 saturated heterocycles. The summed E-state index contributed by atoms with van der Waals surface area (Å²) in [7, 11) is 0. The van der Waals surface area contributed by atoms with Crippen LogP contribution in [0, 0.1) is 0 Å². The Morgan fingerprint density at radius 1 is 0.533 bits per heavy atom. The van der Waals surface area contributed by atoms with Crippen LogP contribution >= 0.6 is 23.2 Å². The van der Waals surface area contributed by atoms with Crippen molar-refractivity contribution in [1.82, 2.24) is 14.9 Å². The summed E-state index contributed by atoms with van der Waals surface area (Å²) in [6, 6.07) is 15.9. The van der Waals surface area contributed by atoms with Crippen LogP contribution in [0.5, 0.6) is 0 Å². The van der Waals surface area contributed by atoms with Crippen LogP contribution < -0.4 is 10.6 Å². The van der Waals surface area contributed by atoms with Gasteiger partial charge in [-0.05, 0) is 61.5 Å². The van der Waals surface area contributed by atoms with Gasteiger partial charge < -0.3 is 10.6 Å². The van der Waals surface area contributed by atoms with Crippen molar-refractivity contribution in [3.05, 3.63) is 71.0 Å². The molecule has 0 bridgehead atoms. The van der Waals surface area contributed by atoms with Crippen molar-refractivity contribution in [3.63, 3.8) is 0 Å². The van der Waals surface area contributed by atoms with Crippen LogP contribution in [0.4, 0.5) is 11.4 Å². The summed E-state index contributed by atoms with van der Waals surface area (Å²) in [5, 5.41) is 11.0. The lowest BCUT2D eigenvalue weighted by Crippen LogP contribution is -2.34. The highest BCUT2D eigenvalue weighted by molar-refractivity contribution is 6.31. The number of pyridine rings is 2. The fourth-order valence-electron chi connectivity index (χ4n) is 6.11. The monoisotopic (exact) mass is 649 g/mol. The summed E-state index contributed by atoms with van der Waals surface area (Å²) in [4.78, 5) is 11.6. The van der Waals surface area contributed by atoms with E-state index in [0.717, 1.165) is 65.9 Å². The maximum Gasteiger partial charge on any atom is 0.0737 e. The number of aromatic nitrogens is 2. The molecule has 0 unspecified atom stereocenters. The van der Waals surface area contributed by atoms with Crippen LogP contribution in [-0.2, 0) is 0 Å². The predicted molar refractivity (Wildman–Crippen MR) is 197 cm³/mol. The normalized spacial score (nSPS) is 11.6. The second-order valence-electron chi connectivity index (χ2n) is 12.3. The summed E-state index contributed by atoms with van der Waals surface area (Å²) in [6.07, 6.45) is 23.1. The van der Waals surface area contributed by atoms with Gasteiger partial charge in [0.25, 0.3) is 0 Å². The number of unbranched alkanes of at least 4 members (excludes halogenated alkanes) is 13. The zero-order valence-electron chi connectivity index (χ0n) is 27.3. The third-order valence-corrected chi connectivity index (χ3v) is 9.19. The molecule has 45 heavy (non-hydrogen) atoms. The van der Waals surface area contributed by atoms with Gasteiger partial charge in [-0.2, -0.15) is 0 Å². The molecule has 2 heterocycles. The van der Waals surface area contributed by atoms with Crippen molar-refractivity contribution < 1.29 is 0 Å². The van der Waals surface area contributed by atoms with Gasteiger partial charge in [0.2, 0.25) is 0 Å². The van der Waals surface area contributed by atoms with Gasteiger partial charge in [0, 0.05) is 70.8 Å². The lowest BCUT2D eigenvalue weighted by atomic mass is 10.0. The number of hydrogen-bond donors (Lipinski definition) is 2. The molecule has 7 heteroatoms. The summed E-state index contributed by atoms with van der Waals surface area (Å²) in [5.41, 5.74) is 4.05. The number of hydrogen-bond acceptors (Lipinski definition) is 5. The first-order valence-corrected chi connectivity index (χ1v) is 18.2. The highest BCUT2D eigenvalue weighted by atomic mass is 35.5. The number of nitrogens with zero attached hydrogens (tertiary/aromatic N) is 3. The van der Waals surface area contributed by atoms with Crippen LogP contribution in [0.1, 0.15) is 96.8 Å². The Morgan fingerprint density at radius 3 is 1.40 bits per heavy atom. The Hall–Kier alpha value is -2.60. The molecule has 0 aliphatic carbocycles. The third-order valence-electron chi connectivity index (χ3n) is 8.72. The van der Waals surface area contributed by atoms with E-state index in [1.165, 1.54) is 89.9 Å². The van der Waals surface area contributed by atoms with Gasteiger partial charge in [-0.1, -0.05) is 114 Å². The predicted octanol–water partition coefficient (Wildman–Crippen LogP) is 11.4. The van der Waals surface area contributed by atoms with E-state index in [2.05, 4.69) is 56.7 Å². The van der Waals surface area contributed by atoms with Crippen LogP contribution in [0.3, 0.4) is 0 Å². The Bertz CT molecular complexity index is 1320. The van der Waals surface area contributed by atoms with Crippen LogP contribution in [-0.4, -0.2) is 47.6 Å². The largest absolute Gasteiger partial charge is 0.383 e. The van der Waals surface area contributed by atoms with E-state index in [9.17, 15) is 0 Å². The molecule has 0 amide bonds. The Kier molecular flexibility index (Phi) is 16.1. The van der Waals surface area contributed by atoms with E-state index in [-0.39, 0.29) is 0 Å². The maximum atomic E-state index is 6.20. The molecule has 0 aliphatic heterocycles. The standard InChI is InChI=1S/C38H53Cl2N5/c1-2-3-4-5-6-7-8-9-10-11-12-13-14-15-26-45(27-24-43-35-20-22-41-37-29-31(39)16-18-33(35)37)28-25-44-36-21-23-42-38-30-32(40)17-19-34(36)38/h16-23,29-30H,2-15,24-28H2,1H3,(H,41,43)(H,42,44). The summed E-state index contributed by atoms with van der Waals surface area (Å²) >= 11 is 12.4. The van der Waals surface area contributed by atoms with E-state index in [1.54, 1.807) is 0 Å². The maximum absolute atomic E-state index is 6.20. The third kappa shape index (κ3) is 12.6. The van der Waals surface area contributed by atoms with Crippen molar-refractivity contribution in [2.24, 2.45) is 0 Å². The smallest absolute Gasteiger partial charge is 0.0737 e. The molecule has 2 aromatic heterocycles. The zero-order chi connectivity index (χ0) is 31.5. The molecule has 0 radical (unpaired) electrons. The molecule has 4 rings (SSSR count). The SMILES string of the molecule is CCCCCCCCCCCCCCCCN(CCNc1ccnc2cc(Cl)ccc12)CCNc1ccnc2cc(Cl)ccc12. The van der Waals surface area contributed by atoms with Crippen LogP contribution in [0.15, 0.2) is 60.9 Å². The van der Waals surface area contributed by atoms with Crippen molar-refractivity contribution >= 4 is 56.4 Å².